The lowest BCUT2D eigenvalue weighted by atomic mass is 9.98. The van der Waals surface area contributed by atoms with Crippen LogP contribution in [-0.4, -0.2) is 45.0 Å². The number of hydrogen-bond acceptors (Lipinski definition) is 7. The van der Waals surface area contributed by atoms with Crippen LogP contribution >= 0.6 is 0 Å². The van der Waals surface area contributed by atoms with Gasteiger partial charge in [0.1, 0.15) is 23.4 Å². The summed E-state index contributed by atoms with van der Waals surface area (Å²) in [4.78, 5) is 11.3. The van der Waals surface area contributed by atoms with Crippen molar-refractivity contribution in [1.29, 1.82) is 0 Å². The summed E-state index contributed by atoms with van der Waals surface area (Å²) in [5.41, 5.74) is 3.19. The molecule has 0 fully saturated rings. The van der Waals surface area contributed by atoms with E-state index in [9.17, 15) is 0 Å². The van der Waals surface area contributed by atoms with Gasteiger partial charge in [-0.2, -0.15) is 0 Å². The van der Waals surface area contributed by atoms with Crippen molar-refractivity contribution in [2.45, 2.75) is 13.0 Å². The molecule has 0 unspecified atom stereocenters. The van der Waals surface area contributed by atoms with Crippen LogP contribution in [0.15, 0.2) is 30.6 Å². The molecule has 0 bridgehead atoms. The van der Waals surface area contributed by atoms with Gasteiger partial charge in [-0.1, -0.05) is 12.1 Å². The minimum absolute atomic E-state index is 0.521. The molecule has 0 saturated carbocycles. The fourth-order valence-corrected chi connectivity index (χ4v) is 3.82. The molecular weight excluding hydrogens is 358 g/mol. The third-order valence-electron chi connectivity index (χ3n) is 5.16. The van der Waals surface area contributed by atoms with Crippen molar-refractivity contribution in [3.05, 3.63) is 41.7 Å². The summed E-state index contributed by atoms with van der Waals surface area (Å²) < 4.78 is 22.2. The number of nitrogens with zero attached hydrogens (tertiary/aromatic N) is 3. The van der Waals surface area contributed by atoms with Crippen LogP contribution in [0, 0.1) is 0 Å². The molecule has 0 saturated heterocycles. The molecule has 7 heteroatoms. The Kier molecular flexibility index (Phi) is 4.81. The molecule has 0 amide bonds. The second-order valence-corrected chi connectivity index (χ2v) is 6.51. The molecule has 1 aliphatic heterocycles. The van der Waals surface area contributed by atoms with Crippen LogP contribution < -0.4 is 23.8 Å². The Morgan fingerprint density at radius 2 is 1.68 bits per heavy atom. The van der Waals surface area contributed by atoms with Gasteiger partial charge in [-0.15, -0.1) is 0 Å². The monoisotopic (exact) mass is 381 g/mol. The quantitative estimate of drug-likeness (QED) is 0.672. The maximum atomic E-state index is 5.59. The Bertz CT molecular complexity index is 1010. The van der Waals surface area contributed by atoms with E-state index in [2.05, 4.69) is 20.9 Å². The summed E-state index contributed by atoms with van der Waals surface area (Å²) in [5.74, 6) is 3.37. The Morgan fingerprint density at radius 1 is 0.893 bits per heavy atom. The zero-order valence-electron chi connectivity index (χ0n) is 16.5. The predicted octanol–water partition coefficient (Wildman–Crippen LogP) is 3.23. The van der Waals surface area contributed by atoms with Crippen molar-refractivity contribution >= 4 is 16.7 Å². The molecule has 7 nitrogen and oxygen atoms in total. The SMILES string of the molecule is COc1cccc2c1CN(c1ncnc3c(OC)c(OC)c(OC)cc13)CC2. The predicted molar refractivity (Wildman–Crippen MR) is 107 cm³/mol. The van der Waals surface area contributed by atoms with Crippen molar-refractivity contribution in [2.75, 3.05) is 39.9 Å². The standard InChI is InChI=1S/C21H23N3O4/c1-25-16-7-5-6-13-8-9-24(11-15(13)16)21-14-10-17(26-2)19(27-3)20(28-4)18(14)22-12-23-21/h5-7,10,12H,8-9,11H2,1-4H3. The van der Waals surface area contributed by atoms with Crippen molar-refractivity contribution in [3.8, 4) is 23.0 Å². The first-order valence-corrected chi connectivity index (χ1v) is 9.05. The van der Waals surface area contributed by atoms with Crippen LogP contribution in [0.1, 0.15) is 11.1 Å². The Labute approximate surface area is 163 Å². The lowest BCUT2D eigenvalue weighted by Gasteiger charge is -2.31. The van der Waals surface area contributed by atoms with E-state index in [0.29, 0.717) is 29.3 Å². The summed E-state index contributed by atoms with van der Waals surface area (Å²) in [6, 6.07) is 8.10. The van der Waals surface area contributed by atoms with E-state index in [0.717, 1.165) is 29.9 Å². The smallest absolute Gasteiger partial charge is 0.205 e. The van der Waals surface area contributed by atoms with Gasteiger partial charge < -0.3 is 23.8 Å². The van der Waals surface area contributed by atoms with Gasteiger partial charge in [-0.25, -0.2) is 9.97 Å². The number of fused-ring (bicyclic) bond motifs is 2. The summed E-state index contributed by atoms with van der Waals surface area (Å²) >= 11 is 0. The third kappa shape index (κ3) is 2.83. The Hall–Kier alpha value is -3.22. The van der Waals surface area contributed by atoms with Crippen LogP contribution in [0.25, 0.3) is 10.9 Å². The van der Waals surface area contributed by atoms with E-state index in [1.807, 2.05) is 18.2 Å². The van der Waals surface area contributed by atoms with Crippen molar-refractivity contribution < 1.29 is 18.9 Å². The van der Waals surface area contributed by atoms with E-state index in [1.165, 1.54) is 11.1 Å². The summed E-state index contributed by atoms with van der Waals surface area (Å²) in [5, 5.41) is 0.857. The molecule has 3 aromatic rings. The summed E-state index contributed by atoms with van der Waals surface area (Å²) in [7, 11) is 6.49. The molecule has 146 valence electrons. The fourth-order valence-electron chi connectivity index (χ4n) is 3.82. The van der Waals surface area contributed by atoms with Gasteiger partial charge in [0.15, 0.2) is 11.5 Å². The molecule has 0 N–H and O–H groups in total. The van der Waals surface area contributed by atoms with Gasteiger partial charge in [0.25, 0.3) is 0 Å². The number of anilines is 1. The van der Waals surface area contributed by atoms with E-state index < -0.39 is 0 Å². The third-order valence-corrected chi connectivity index (χ3v) is 5.16. The van der Waals surface area contributed by atoms with Crippen molar-refractivity contribution in [2.24, 2.45) is 0 Å². The zero-order chi connectivity index (χ0) is 19.7. The van der Waals surface area contributed by atoms with Crippen LogP contribution in [0.3, 0.4) is 0 Å². The molecule has 0 radical (unpaired) electrons. The first-order chi connectivity index (χ1) is 13.7. The lowest BCUT2D eigenvalue weighted by molar-refractivity contribution is 0.327. The largest absolute Gasteiger partial charge is 0.496 e. The van der Waals surface area contributed by atoms with Gasteiger partial charge in [0, 0.05) is 18.7 Å². The maximum absolute atomic E-state index is 5.59. The highest BCUT2D eigenvalue weighted by Gasteiger charge is 2.25. The van der Waals surface area contributed by atoms with Gasteiger partial charge in [-0.3, -0.25) is 0 Å². The molecule has 1 aromatic heterocycles. The first kappa shape index (κ1) is 18.2. The number of ether oxygens (including phenoxy) is 4. The molecule has 1 aliphatic rings. The average molecular weight is 381 g/mol. The average Bonchev–Trinajstić information content (AvgIpc) is 2.76. The molecule has 0 atom stereocenters. The fraction of sp³-hybridized carbons (Fsp3) is 0.333. The second-order valence-electron chi connectivity index (χ2n) is 6.51. The van der Waals surface area contributed by atoms with Crippen LogP contribution in [0.4, 0.5) is 5.82 Å². The summed E-state index contributed by atoms with van der Waals surface area (Å²) in [6.45, 7) is 1.56. The zero-order valence-corrected chi connectivity index (χ0v) is 16.5. The Morgan fingerprint density at radius 3 is 2.39 bits per heavy atom. The maximum Gasteiger partial charge on any atom is 0.205 e. The minimum Gasteiger partial charge on any atom is -0.496 e. The van der Waals surface area contributed by atoms with Crippen molar-refractivity contribution in [3.63, 3.8) is 0 Å². The van der Waals surface area contributed by atoms with Gasteiger partial charge in [0.05, 0.1) is 33.8 Å². The van der Waals surface area contributed by atoms with Gasteiger partial charge >= 0.3 is 0 Å². The molecule has 0 aliphatic carbocycles. The molecule has 2 aromatic carbocycles. The number of aromatic nitrogens is 2. The molecule has 4 rings (SSSR count). The number of methoxy groups -OCH3 is 4. The van der Waals surface area contributed by atoms with Gasteiger partial charge in [-0.05, 0) is 24.1 Å². The first-order valence-electron chi connectivity index (χ1n) is 9.05. The van der Waals surface area contributed by atoms with Crippen LogP contribution in [0.5, 0.6) is 23.0 Å². The van der Waals surface area contributed by atoms with Crippen molar-refractivity contribution in [1.82, 2.24) is 9.97 Å². The van der Waals surface area contributed by atoms with Crippen LogP contribution in [-0.2, 0) is 13.0 Å². The highest BCUT2D eigenvalue weighted by atomic mass is 16.5. The normalized spacial score (nSPS) is 13.2. The molecule has 0 spiro atoms. The minimum atomic E-state index is 0.521. The summed E-state index contributed by atoms with van der Waals surface area (Å²) in [6.07, 6.45) is 2.48. The second kappa shape index (κ2) is 7.42. The molecule has 28 heavy (non-hydrogen) atoms. The van der Waals surface area contributed by atoms with E-state index >= 15 is 0 Å². The Balaban J connectivity index is 1.86. The van der Waals surface area contributed by atoms with Gasteiger partial charge in [0.2, 0.25) is 5.75 Å². The molecular formula is C21H23N3O4. The number of rotatable bonds is 5. The number of hydrogen-bond donors (Lipinski definition) is 0. The highest BCUT2D eigenvalue weighted by Crippen LogP contribution is 2.44. The van der Waals surface area contributed by atoms with E-state index in [1.54, 1.807) is 34.8 Å². The van der Waals surface area contributed by atoms with Crippen LogP contribution in [0.2, 0.25) is 0 Å². The highest BCUT2D eigenvalue weighted by molar-refractivity contribution is 5.97. The van der Waals surface area contributed by atoms with E-state index in [-0.39, 0.29) is 0 Å². The topological polar surface area (TPSA) is 65.9 Å². The molecule has 2 heterocycles. The van der Waals surface area contributed by atoms with E-state index in [4.69, 9.17) is 18.9 Å². The lowest BCUT2D eigenvalue weighted by Crippen LogP contribution is -2.31. The number of benzene rings is 2.